The molecule has 1 amide bonds. The number of carbonyl (C=O) groups excluding carboxylic acids is 1. The average Bonchev–Trinajstić information content (AvgIpc) is 2.94. The predicted molar refractivity (Wildman–Crippen MR) is 106 cm³/mol. The van der Waals surface area contributed by atoms with Crippen LogP contribution < -0.4 is 5.32 Å². The van der Waals surface area contributed by atoms with Gasteiger partial charge in [-0.15, -0.1) is 0 Å². The Balaban J connectivity index is 1.47. The molecule has 1 unspecified atom stereocenters. The Morgan fingerprint density at radius 1 is 1.12 bits per heavy atom. The van der Waals surface area contributed by atoms with E-state index in [1.807, 2.05) is 18.2 Å². The molecule has 142 valence electrons. The zero-order valence-electron chi connectivity index (χ0n) is 15.6. The molecule has 1 saturated carbocycles. The standard InChI is InChI=1S/C21H30ClN3O/c22-19-9-2-1-6-17(19)16-21(10-4-11-23-21)20(26)25-13-5-12-24(14-15-25)18-7-3-8-18/h1-2,6,9,18,23H,3-5,7-8,10-16H2. The number of nitrogens with one attached hydrogen (secondary N) is 1. The van der Waals surface area contributed by atoms with Crippen LogP contribution in [0.3, 0.4) is 0 Å². The molecule has 1 N–H and O–H groups in total. The van der Waals surface area contributed by atoms with Crippen molar-refractivity contribution < 1.29 is 4.79 Å². The van der Waals surface area contributed by atoms with Gasteiger partial charge in [0.05, 0.1) is 0 Å². The van der Waals surface area contributed by atoms with Gasteiger partial charge in [-0.3, -0.25) is 9.69 Å². The fraction of sp³-hybridized carbons (Fsp3) is 0.667. The van der Waals surface area contributed by atoms with Crippen LogP contribution in [0.5, 0.6) is 0 Å². The molecule has 0 aromatic heterocycles. The van der Waals surface area contributed by atoms with E-state index < -0.39 is 5.54 Å². The summed E-state index contributed by atoms with van der Waals surface area (Å²) in [5.74, 6) is 0.283. The highest BCUT2D eigenvalue weighted by atomic mass is 35.5. The lowest BCUT2D eigenvalue weighted by Gasteiger charge is -2.37. The summed E-state index contributed by atoms with van der Waals surface area (Å²) < 4.78 is 0. The Labute approximate surface area is 161 Å². The molecule has 4 nitrogen and oxygen atoms in total. The minimum Gasteiger partial charge on any atom is -0.340 e. The van der Waals surface area contributed by atoms with Gasteiger partial charge in [0.1, 0.15) is 5.54 Å². The van der Waals surface area contributed by atoms with Crippen LogP contribution in [0.25, 0.3) is 0 Å². The van der Waals surface area contributed by atoms with Gasteiger partial charge in [0, 0.05) is 43.7 Å². The third-order valence-electron chi connectivity index (χ3n) is 6.51. The van der Waals surface area contributed by atoms with Gasteiger partial charge in [-0.1, -0.05) is 36.2 Å². The Morgan fingerprint density at radius 3 is 2.65 bits per heavy atom. The lowest BCUT2D eigenvalue weighted by molar-refractivity contribution is -0.137. The quantitative estimate of drug-likeness (QED) is 0.878. The maximum Gasteiger partial charge on any atom is 0.243 e. The summed E-state index contributed by atoms with van der Waals surface area (Å²) >= 11 is 6.40. The second-order valence-electron chi connectivity index (χ2n) is 8.15. The van der Waals surface area contributed by atoms with Crippen LogP contribution >= 0.6 is 11.6 Å². The van der Waals surface area contributed by atoms with Gasteiger partial charge in [0.25, 0.3) is 0 Å². The van der Waals surface area contributed by atoms with E-state index in [0.29, 0.717) is 6.42 Å². The van der Waals surface area contributed by atoms with Crippen molar-refractivity contribution in [1.82, 2.24) is 15.1 Å². The second kappa shape index (κ2) is 7.87. The van der Waals surface area contributed by atoms with E-state index in [9.17, 15) is 4.79 Å². The van der Waals surface area contributed by atoms with Crippen molar-refractivity contribution in [2.24, 2.45) is 0 Å². The first kappa shape index (κ1) is 18.3. The zero-order chi connectivity index (χ0) is 18.0. The summed E-state index contributed by atoms with van der Waals surface area (Å²) in [4.78, 5) is 18.3. The molecule has 1 aromatic rings. The number of carbonyl (C=O) groups is 1. The fourth-order valence-electron chi connectivity index (χ4n) is 4.74. The van der Waals surface area contributed by atoms with Gasteiger partial charge in [-0.05, 0) is 50.3 Å². The van der Waals surface area contributed by atoms with Crippen LogP contribution in [0.2, 0.25) is 5.02 Å². The summed E-state index contributed by atoms with van der Waals surface area (Å²) in [6, 6.07) is 8.71. The van der Waals surface area contributed by atoms with Gasteiger partial charge < -0.3 is 10.2 Å². The van der Waals surface area contributed by atoms with Crippen molar-refractivity contribution in [3.63, 3.8) is 0 Å². The highest BCUT2D eigenvalue weighted by Crippen LogP contribution is 2.31. The summed E-state index contributed by atoms with van der Waals surface area (Å²) in [5.41, 5.74) is 0.597. The van der Waals surface area contributed by atoms with Gasteiger partial charge in [0.15, 0.2) is 0 Å². The minimum atomic E-state index is -0.476. The molecule has 0 bridgehead atoms. The van der Waals surface area contributed by atoms with Gasteiger partial charge >= 0.3 is 0 Å². The van der Waals surface area contributed by atoms with Crippen LogP contribution in [0, 0.1) is 0 Å². The first-order chi connectivity index (χ1) is 12.7. The summed E-state index contributed by atoms with van der Waals surface area (Å²) in [6.45, 7) is 4.82. The molecule has 5 heteroatoms. The topological polar surface area (TPSA) is 35.6 Å². The molecule has 0 spiro atoms. The van der Waals surface area contributed by atoms with E-state index in [1.54, 1.807) is 0 Å². The lowest BCUT2D eigenvalue weighted by atomic mass is 9.87. The third-order valence-corrected chi connectivity index (χ3v) is 6.88. The number of hydrogen-bond acceptors (Lipinski definition) is 3. The van der Waals surface area contributed by atoms with Crippen molar-refractivity contribution in [3.05, 3.63) is 34.9 Å². The summed E-state index contributed by atoms with van der Waals surface area (Å²) in [5, 5.41) is 4.32. The first-order valence-electron chi connectivity index (χ1n) is 10.2. The van der Waals surface area contributed by atoms with E-state index in [1.165, 1.54) is 19.3 Å². The molecular weight excluding hydrogens is 346 g/mol. The second-order valence-corrected chi connectivity index (χ2v) is 8.55. The number of rotatable bonds is 4. The smallest absolute Gasteiger partial charge is 0.243 e. The Kier molecular flexibility index (Phi) is 5.53. The fourth-order valence-corrected chi connectivity index (χ4v) is 4.94. The number of halogens is 1. The number of amides is 1. The molecule has 2 heterocycles. The van der Waals surface area contributed by atoms with E-state index >= 15 is 0 Å². The monoisotopic (exact) mass is 375 g/mol. The van der Waals surface area contributed by atoms with Crippen LogP contribution in [-0.2, 0) is 11.2 Å². The van der Waals surface area contributed by atoms with Crippen molar-refractivity contribution >= 4 is 17.5 Å². The largest absolute Gasteiger partial charge is 0.340 e. The zero-order valence-corrected chi connectivity index (χ0v) is 16.3. The van der Waals surface area contributed by atoms with E-state index in [2.05, 4.69) is 21.2 Å². The molecule has 1 atom stereocenters. The van der Waals surface area contributed by atoms with Crippen LogP contribution in [0.4, 0.5) is 0 Å². The molecule has 3 fully saturated rings. The summed E-state index contributed by atoms with van der Waals surface area (Å²) in [7, 11) is 0. The van der Waals surface area contributed by atoms with Crippen molar-refractivity contribution in [2.45, 2.75) is 56.5 Å². The Hall–Kier alpha value is -1.10. The molecular formula is C21H30ClN3O. The predicted octanol–water partition coefficient (Wildman–Crippen LogP) is 3.09. The molecule has 3 aliphatic rings. The third kappa shape index (κ3) is 3.64. The normalized spacial score (nSPS) is 28.0. The molecule has 2 aliphatic heterocycles. The minimum absolute atomic E-state index is 0.283. The maximum absolute atomic E-state index is 13.6. The SMILES string of the molecule is O=C(N1CCCN(C2CCC2)CC1)C1(Cc2ccccc2Cl)CCCN1. The van der Waals surface area contributed by atoms with Crippen molar-refractivity contribution in [1.29, 1.82) is 0 Å². The van der Waals surface area contributed by atoms with Gasteiger partial charge in [-0.2, -0.15) is 0 Å². The first-order valence-corrected chi connectivity index (χ1v) is 10.6. The van der Waals surface area contributed by atoms with Crippen LogP contribution in [-0.4, -0.2) is 60.0 Å². The van der Waals surface area contributed by atoms with E-state index in [-0.39, 0.29) is 5.91 Å². The van der Waals surface area contributed by atoms with Crippen molar-refractivity contribution in [2.75, 3.05) is 32.7 Å². The maximum atomic E-state index is 13.6. The number of benzene rings is 1. The highest BCUT2D eigenvalue weighted by molar-refractivity contribution is 6.31. The Bertz CT molecular complexity index is 640. The lowest BCUT2D eigenvalue weighted by Crippen LogP contribution is -2.57. The molecule has 1 aromatic carbocycles. The van der Waals surface area contributed by atoms with Gasteiger partial charge in [0.2, 0.25) is 5.91 Å². The van der Waals surface area contributed by atoms with Crippen LogP contribution in [0.15, 0.2) is 24.3 Å². The summed E-state index contributed by atoms with van der Waals surface area (Å²) in [6.07, 6.45) is 7.78. The average molecular weight is 376 g/mol. The van der Waals surface area contributed by atoms with Gasteiger partial charge in [-0.25, -0.2) is 0 Å². The number of nitrogens with zero attached hydrogens (tertiary/aromatic N) is 2. The molecule has 1 aliphatic carbocycles. The molecule has 26 heavy (non-hydrogen) atoms. The Morgan fingerprint density at radius 2 is 1.96 bits per heavy atom. The number of hydrogen-bond donors (Lipinski definition) is 1. The van der Waals surface area contributed by atoms with E-state index in [0.717, 1.165) is 68.6 Å². The molecule has 2 saturated heterocycles. The van der Waals surface area contributed by atoms with Crippen molar-refractivity contribution in [3.8, 4) is 0 Å². The highest BCUT2D eigenvalue weighted by Gasteiger charge is 2.44. The van der Waals surface area contributed by atoms with Crippen LogP contribution in [0.1, 0.15) is 44.1 Å². The van der Waals surface area contributed by atoms with E-state index in [4.69, 9.17) is 11.6 Å². The molecule has 0 radical (unpaired) electrons. The molecule has 4 rings (SSSR count).